The van der Waals surface area contributed by atoms with Crippen LogP contribution in [0, 0.1) is 6.92 Å². The van der Waals surface area contributed by atoms with E-state index < -0.39 is 0 Å². The molecule has 0 saturated heterocycles. The summed E-state index contributed by atoms with van der Waals surface area (Å²) in [6.07, 6.45) is 0. The van der Waals surface area contributed by atoms with E-state index >= 15 is 0 Å². The smallest absolute Gasteiger partial charge is 0.323 e. The summed E-state index contributed by atoms with van der Waals surface area (Å²) < 4.78 is 0. The van der Waals surface area contributed by atoms with Crippen LogP contribution in [0.4, 0.5) is 17.1 Å². The Kier molecular flexibility index (Phi) is 5.95. The van der Waals surface area contributed by atoms with E-state index in [0.29, 0.717) is 49.2 Å². The van der Waals surface area contributed by atoms with E-state index in [-0.39, 0.29) is 17.1 Å². The molecule has 0 unspecified atom stereocenters. The lowest BCUT2D eigenvalue weighted by Crippen LogP contribution is -1.99. The van der Waals surface area contributed by atoms with Gasteiger partial charge in [-0.2, -0.15) is 0 Å². The van der Waals surface area contributed by atoms with Crippen molar-refractivity contribution in [3.05, 3.63) is 79.0 Å². The highest BCUT2D eigenvalue weighted by molar-refractivity contribution is 6.34. The van der Waals surface area contributed by atoms with Gasteiger partial charge in [0.2, 0.25) is 0 Å². The van der Waals surface area contributed by atoms with Gasteiger partial charge >= 0.3 is 11.4 Å². The van der Waals surface area contributed by atoms with Crippen LogP contribution in [-0.2, 0) is 0 Å². The summed E-state index contributed by atoms with van der Waals surface area (Å²) in [6.45, 7) is 1.89. The summed E-state index contributed by atoms with van der Waals surface area (Å²) in [5.41, 5.74) is 9.65. The lowest BCUT2D eigenvalue weighted by Gasteiger charge is -2.00. The predicted octanol–water partition coefficient (Wildman–Crippen LogP) is 5.03. The van der Waals surface area contributed by atoms with Crippen molar-refractivity contribution in [2.24, 2.45) is 10.2 Å². The van der Waals surface area contributed by atoms with Gasteiger partial charge in [-0.25, -0.2) is 9.59 Å². The molecule has 5 rings (SSSR count). The van der Waals surface area contributed by atoms with Gasteiger partial charge in [-0.15, -0.1) is 10.2 Å². The van der Waals surface area contributed by atoms with Gasteiger partial charge in [0.15, 0.2) is 0 Å². The molecule has 0 amide bonds. The fourth-order valence-corrected chi connectivity index (χ4v) is 3.38. The van der Waals surface area contributed by atoms with Gasteiger partial charge in [0.1, 0.15) is 17.1 Å². The lowest BCUT2D eigenvalue weighted by atomic mass is 10.2. The molecule has 0 saturated carbocycles. The van der Waals surface area contributed by atoms with Crippen LogP contribution in [0.1, 0.15) is 5.56 Å². The minimum Gasteiger partial charge on any atom is -0.506 e. The molecule has 0 radical (unpaired) electrons. The molecule has 0 aliphatic heterocycles. The molecular formula is C21H17Cl2N7O3. The molecule has 10 nitrogen and oxygen atoms in total. The summed E-state index contributed by atoms with van der Waals surface area (Å²) in [5.74, 6) is 0.0385. The number of H-pyrrole nitrogens is 4. The highest BCUT2D eigenvalue weighted by Crippen LogP contribution is 2.33. The summed E-state index contributed by atoms with van der Waals surface area (Å²) in [7, 11) is 0. The molecule has 5 aromatic rings. The Labute approximate surface area is 195 Å². The number of rotatable bonds is 2. The van der Waals surface area contributed by atoms with Crippen LogP contribution >= 0.6 is 23.2 Å². The second-order valence-electron chi connectivity index (χ2n) is 7.12. The summed E-state index contributed by atoms with van der Waals surface area (Å²) in [6, 6.07) is 11.5. The van der Waals surface area contributed by atoms with Crippen LogP contribution in [0.2, 0.25) is 10.0 Å². The Bertz CT molecular complexity index is 1590. The summed E-state index contributed by atoms with van der Waals surface area (Å²) in [5, 5.41) is 18.5. The molecule has 0 bridgehead atoms. The number of nitrogen functional groups attached to an aromatic ring is 1. The number of fused-ring (bicyclic) bond motifs is 2. The molecule has 3 aromatic carbocycles. The van der Waals surface area contributed by atoms with Crippen LogP contribution in [0.25, 0.3) is 22.1 Å². The first-order valence-electron chi connectivity index (χ1n) is 9.49. The number of aromatic hydroxyl groups is 1. The monoisotopic (exact) mass is 485 g/mol. The molecule has 0 fully saturated rings. The van der Waals surface area contributed by atoms with E-state index in [1.165, 1.54) is 0 Å². The number of nitrogens with two attached hydrogens (primary N) is 1. The number of nitrogens with zero attached hydrogens (tertiary/aromatic N) is 2. The lowest BCUT2D eigenvalue weighted by molar-refractivity contribution is 0.476. The van der Waals surface area contributed by atoms with Crippen LogP contribution in [0.3, 0.4) is 0 Å². The van der Waals surface area contributed by atoms with E-state index in [2.05, 4.69) is 30.2 Å². The molecule has 2 heterocycles. The van der Waals surface area contributed by atoms with E-state index in [1.54, 1.807) is 42.5 Å². The zero-order valence-corrected chi connectivity index (χ0v) is 18.5. The first kappa shape index (κ1) is 22.2. The normalized spacial score (nSPS) is 11.2. The summed E-state index contributed by atoms with van der Waals surface area (Å²) >= 11 is 11.8. The van der Waals surface area contributed by atoms with Crippen molar-refractivity contribution in [3.8, 4) is 5.75 Å². The number of aryl methyl sites for hydroxylation is 1. The summed E-state index contributed by atoms with van der Waals surface area (Å²) in [4.78, 5) is 32.4. The van der Waals surface area contributed by atoms with Crippen molar-refractivity contribution >= 4 is 62.3 Å². The van der Waals surface area contributed by atoms with Crippen LogP contribution in [-0.4, -0.2) is 25.0 Å². The molecule has 33 heavy (non-hydrogen) atoms. The minimum atomic E-state index is -0.313. The minimum absolute atomic E-state index is 0.0385. The zero-order valence-electron chi connectivity index (χ0n) is 17.0. The molecule has 0 spiro atoms. The molecule has 0 aliphatic rings. The van der Waals surface area contributed by atoms with Gasteiger partial charge < -0.3 is 30.8 Å². The van der Waals surface area contributed by atoms with Crippen LogP contribution in [0.15, 0.2) is 62.3 Å². The number of azo groups is 1. The molecule has 168 valence electrons. The predicted molar refractivity (Wildman–Crippen MR) is 129 cm³/mol. The highest BCUT2D eigenvalue weighted by atomic mass is 35.5. The number of hydrogen-bond acceptors (Lipinski definition) is 6. The first-order chi connectivity index (χ1) is 15.7. The fraction of sp³-hybridized carbons (Fsp3) is 0.0476. The second kappa shape index (κ2) is 8.85. The number of imidazole rings is 2. The fourth-order valence-electron chi connectivity index (χ4n) is 3.02. The Hall–Kier alpha value is -4.02. The molecule has 2 aromatic heterocycles. The van der Waals surface area contributed by atoms with Gasteiger partial charge in [0.05, 0.1) is 37.8 Å². The van der Waals surface area contributed by atoms with Gasteiger partial charge in [-0.3, -0.25) is 0 Å². The Morgan fingerprint density at radius 3 is 1.91 bits per heavy atom. The topological polar surface area (TPSA) is 168 Å². The quantitative estimate of drug-likeness (QED) is 0.152. The number of anilines is 1. The third kappa shape index (κ3) is 4.92. The third-order valence-electron chi connectivity index (χ3n) is 4.61. The van der Waals surface area contributed by atoms with Crippen molar-refractivity contribution < 1.29 is 5.11 Å². The number of phenols is 1. The van der Waals surface area contributed by atoms with Gasteiger partial charge in [0, 0.05) is 0 Å². The van der Waals surface area contributed by atoms with E-state index in [1.807, 2.05) is 6.92 Å². The maximum Gasteiger partial charge on any atom is 0.323 e. The Morgan fingerprint density at radius 2 is 1.27 bits per heavy atom. The zero-order chi connectivity index (χ0) is 23.7. The Balaban J connectivity index is 0.000000183. The van der Waals surface area contributed by atoms with E-state index in [0.717, 1.165) is 5.56 Å². The number of hydrogen-bond donors (Lipinski definition) is 6. The number of nitrogens with one attached hydrogen (secondary N) is 4. The number of aromatic amines is 4. The van der Waals surface area contributed by atoms with E-state index in [9.17, 15) is 14.7 Å². The van der Waals surface area contributed by atoms with E-state index in [4.69, 9.17) is 28.9 Å². The van der Waals surface area contributed by atoms with Crippen molar-refractivity contribution in [1.82, 2.24) is 19.9 Å². The highest BCUT2D eigenvalue weighted by Gasteiger charge is 2.06. The van der Waals surface area contributed by atoms with Crippen LogP contribution in [0.5, 0.6) is 5.75 Å². The average Bonchev–Trinajstić information content (AvgIpc) is 3.29. The largest absolute Gasteiger partial charge is 0.506 e. The van der Waals surface area contributed by atoms with Crippen LogP contribution < -0.4 is 17.1 Å². The van der Waals surface area contributed by atoms with Gasteiger partial charge in [-0.05, 0) is 48.9 Å². The maximum atomic E-state index is 11.2. The number of aromatic nitrogens is 4. The first-order valence-corrected chi connectivity index (χ1v) is 10.2. The van der Waals surface area contributed by atoms with Crippen molar-refractivity contribution in [3.63, 3.8) is 0 Å². The second-order valence-corrected chi connectivity index (χ2v) is 7.93. The number of benzene rings is 3. The maximum absolute atomic E-state index is 11.2. The average molecular weight is 486 g/mol. The molecule has 12 heteroatoms. The number of halogens is 2. The SMILES string of the molecule is Cc1ccc(O)c(N=Nc2cc3[nH]c(=O)[nH]c3cc2Cl)c1.Nc1cc2[nH]c(=O)[nH]c2cc1Cl. The standard InChI is InChI=1S/C14H11ClN4O2.C7H6ClN3O/c1-7-2-3-13(20)12(4-7)19-18-9-6-11-10(5-8(9)15)16-14(21)17-11;8-3-1-5-6(2-4(3)9)11-7(12)10-5/h2-6,20H,1H3,(H2,16,17,21);1-2H,9H2,(H2,10,11,12). The molecule has 7 N–H and O–H groups in total. The van der Waals surface area contributed by atoms with Gasteiger partial charge in [-0.1, -0.05) is 29.3 Å². The number of phenolic OH excluding ortho intramolecular Hbond substituents is 1. The molecule has 0 aliphatic carbocycles. The van der Waals surface area contributed by atoms with Crippen molar-refractivity contribution in [2.75, 3.05) is 5.73 Å². The Morgan fingerprint density at radius 1 is 0.758 bits per heavy atom. The third-order valence-corrected chi connectivity index (χ3v) is 5.24. The molecular weight excluding hydrogens is 469 g/mol. The van der Waals surface area contributed by atoms with Gasteiger partial charge in [0.25, 0.3) is 0 Å². The van der Waals surface area contributed by atoms with Crippen molar-refractivity contribution in [2.45, 2.75) is 6.92 Å². The molecule has 0 atom stereocenters. The van der Waals surface area contributed by atoms with Crippen molar-refractivity contribution in [1.29, 1.82) is 0 Å².